The number of aromatic nitrogens is 2. The van der Waals surface area contributed by atoms with Gasteiger partial charge in [0.1, 0.15) is 0 Å². The van der Waals surface area contributed by atoms with Gasteiger partial charge in [-0.05, 0) is 19.4 Å². The van der Waals surface area contributed by atoms with Crippen LogP contribution in [0.4, 0.5) is 17.6 Å². The maximum Gasteiger partial charge on any atom is 0.324 e. The van der Waals surface area contributed by atoms with Crippen LogP contribution in [0.1, 0.15) is 35.4 Å². The minimum Gasteiger partial charge on any atom is -0.343 e. The SMILES string of the molecule is O=C(NCC(F)(F)C(F)F)c1noc(C2CCCN2)n1. The number of hydrogen-bond donors (Lipinski definition) is 2. The molecule has 0 radical (unpaired) electrons. The summed E-state index contributed by atoms with van der Waals surface area (Å²) in [6.07, 6.45) is -2.19. The summed E-state index contributed by atoms with van der Waals surface area (Å²) in [4.78, 5) is 15.2. The maximum atomic E-state index is 12.6. The lowest BCUT2D eigenvalue weighted by Gasteiger charge is -2.14. The van der Waals surface area contributed by atoms with Crippen molar-refractivity contribution < 1.29 is 26.9 Å². The summed E-state index contributed by atoms with van der Waals surface area (Å²) in [5.41, 5.74) is 0. The fraction of sp³-hybridized carbons (Fsp3) is 0.700. The van der Waals surface area contributed by atoms with Gasteiger partial charge in [-0.3, -0.25) is 4.79 Å². The molecule has 0 aromatic carbocycles. The van der Waals surface area contributed by atoms with Crippen LogP contribution in [-0.2, 0) is 0 Å². The van der Waals surface area contributed by atoms with Gasteiger partial charge in [-0.15, -0.1) is 0 Å². The van der Waals surface area contributed by atoms with Gasteiger partial charge >= 0.3 is 12.3 Å². The lowest BCUT2D eigenvalue weighted by atomic mass is 10.2. The van der Waals surface area contributed by atoms with E-state index in [0.29, 0.717) is 0 Å². The molecule has 1 aromatic heterocycles. The van der Waals surface area contributed by atoms with E-state index in [2.05, 4.69) is 15.5 Å². The lowest BCUT2D eigenvalue weighted by molar-refractivity contribution is -0.123. The Labute approximate surface area is 110 Å². The number of hydrogen-bond acceptors (Lipinski definition) is 5. The van der Waals surface area contributed by atoms with E-state index >= 15 is 0 Å². The summed E-state index contributed by atoms with van der Waals surface area (Å²) in [6.45, 7) is -0.718. The van der Waals surface area contributed by atoms with E-state index in [0.717, 1.165) is 19.4 Å². The monoisotopic (exact) mass is 296 g/mol. The predicted octanol–water partition coefficient (Wildman–Crippen LogP) is 1.12. The van der Waals surface area contributed by atoms with E-state index in [9.17, 15) is 22.4 Å². The van der Waals surface area contributed by atoms with Crippen LogP contribution in [0.5, 0.6) is 0 Å². The van der Waals surface area contributed by atoms with Gasteiger partial charge in [-0.2, -0.15) is 13.8 Å². The first-order valence-electron chi connectivity index (χ1n) is 5.91. The first-order chi connectivity index (χ1) is 9.40. The molecule has 2 N–H and O–H groups in total. The van der Waals surface area contributed by atoms with E-state index in [1.807, 2.05) is 0 Å². The minimum absolute atomic E-state index is 0.174. The molecule has 0 aliphatic carbocycles. The Balaban J connectivity index is 1.93. The van der Waals surface area contributed by atoms with Crippen LogP contribution in [0, 0.1) is 0 Å². The van der Waals surface area contributed by atoms with Gasteiger partial charge in [0.05, 0.1) is 12.6 Å². The van der Waals surface area contributed by atoms with E-state index in [1.165, 1.54) is 0 Å². The zero-order valence-electron chi connectivity index (χ0n) is 10.2. The molecule has 1 aromatic rings. The molecule has 112 valence electrons. The van der Waals surface area contributed by atoms with Crippen LogP contribution in [0.2, 0.25) is 0 Å². The fourth-order valence-electron chi connectivity index (χ4n) is 1.72. The summed E-state index contributed by atoms with van der Waals surface area (Å²) in [7, 11) is 0. The van der Waals surface area contributed by atoms with Crippen LogP contribution in [0.25, 0.3) is 0 Å². The van der Waals surface area contributed by atoms with E-state index in [4.69, 9.17) is 4.52 Å². The smallest absolute Gasteiger partial charge is 0.324 e. The average molecular weight is 296 g/mol. The molecule has 1 amide bonds. The second kappa shape index (κ2) is 5.73. The normalized spacial score (nSPS) is 19.6. The number of rotatable bonds is 5. The molecule has 6 nitrogen and oxygen atoms in total. The van der Waals surface area contributed by atoms with Crippen molar-refractivity contribution in [1.29, 1.82) is 0 Å². The minimum atomic E-state index is -4.30. The van der Waals surface area contributed by atoms with Gasteiger partial charge in [0.25, 0.3) is 11.7 Å². The Morgan fingerprint density at radius 3 is 2.90 bits per heavy atom. The number of nitrogens with one attached hydrogen (secondary N) is 2. The van der Waals surface area contributed by atoms with Crippen LogP contribution in [0.3, 0.4) is 0 Å². The average Bonchev–Trinajstić information content (AvgIpc) is 3.05. The van der Waals surface area contributed by atoms with E-state index < -0.39 is 30.6 Å². The van der Waals surface area contributed by atoms with Crippen LogP contribution in [0.15, 0.2) is 4.52 Å². The molecule has 1 unspecified atom stereocenters. The van der Waals surface area contributed by atoms with Gasteiger partial charge in [-0.25, -0.2) is 8.78 Å². The molecule has 2 rings (SSSR count). The van der Waals surface area contributed by atoms with Crippen molar-refractivity contribution in [2.24, 2.45) is 0 Å². The number of nitrogens with zero attached hydrogens (tertiary/aromatic N) is 2. The number of amides is 1. The summed E-state index contributed by atoms with van der Waals surface area (Å²) in [6, 6.07) is -0.174. The van der Waals surface area contributed by atoms with Crippen molar-refractivity contribution >= 4 is 5.91 Å². The first kappa shape index (κ1) is 14.7. The van der Waals surface area contributed by atoms with Crippen molar-refractivity contribution in [2.45, 2.75) is 31.2 Å². The largest absolute Gasteiger partial charge is 0.343 e. The lowest BCUT2D eigenvalue weighted by Crippen LogP contribution is -2.41. The molecule has 0 bridgehead atoms. The molecular formula is C10H12F4N4O2. The zero-order valence-corrected chi connectivity index (χ0v) is 10.2. The second-order valence-corrected chi connectivity index (χ2v) is 4.35. The Morgan fingerprint density at radius 1 is 1.55 bits per heavy atom. The van der Waals surface area contributed by atoms with Gasteiger partial charge in [0, 0.05) is 0 Å². The number of carbonyl (C=O) groups is 1. The summed E-state index contributed by atoms with van der Waals surface area (Å²) in [5, 5.41) is 8.03. The highest BCUT2D eigenvalue weighted by molar-refractivity contribution is 5.90. The third-order valence-corrected chi connectivity index (χ3v) is 2.81. The fourth-order valence-corrected chi connectivity index (χ4v) is 1.72. The topological polar surface area (TPSA) is 80.0 Å². The standard InChI is InChI=1S/C10H12F4N4O2/c11-9(12)10(13,14)4-16-7(19)6-17-8(20-18-6)5-2-1-3-15-5/h5,9,15H,1-4H2,(H,16,19). The third kappa shape index (κ3) is 3.24. The van der Waals surface area contributed by atoms with Gasteiger partial charge in [-0.1, -0.05) is 5.16 Å². The molecule has 1 saturated heterocycles. The summed E-state index contributed by atoms with van der Waals surface area (Å²) < 4.78 is 53.9. The van der Waals surface area contributed by atoms with E-state index in [1.54, 1.807) is 5.32 Å². The molecule has 1 aliphatic heterocycles. The summed E-state index contributed by atoms with van der Waals surface area (Å²) in [5.74, 6) is -5.67. The molecule has 0 spiro atoms. The van der Waals surface area contributed by atoms with Crippen LogP contribution < -0.4 is 10.6 Å². The molecule has 1 atom stereocenters. The van der Waals surface area contributed by atoms with E-state index in [-0.39, 0.29) is 11.9 Å². The van der Waals surface area contributed by atoms with Crippen molar-refractivity contribution in [3.63, 3.8) is 0 Å². The Hall–Kier alpha value is -1.71. The number of carbonyl (C=O) groups excluding carboxylic acids is 1. The predicted molar refractivity (Wildman–Crippen MR) is 57.6 cm³/mol. The molecular weight excluding hydrogens is 284 g/mol. The van der Waals surface area contributed by atoms with Gasteiger partial charge in [0.2, 0.25) is 5.89 Å². The zero-order chi connectivity index (χ0) is 14.8. The Kier molecular flexibility index (Phi) is 4.21. The molecule has 0 saturated carbocycles. The third-order valence-electron chi connectivity index (χ3n) is 2.81. The molecule has 20 heavy (non-hydrogen) atoms. The number of halogens is 4. The van der Waals surface area contributed by atoms with Crippen molar-refractivity contribution in [1.82, 2.24) is 20.8 Å². The molecule has 2 heterocycles. The summed E-state index contributed by atoms with van der Waals surface area (Å²) >= 11 is 0. The maximum absolute atomic E-state index is 12.6. The molecule has 10 heteroatoms. The Bertz CT molecular complexity index is 474. The van der Waals surface area contributed by atoms with Crippen LogP contribution >= 0.6 is 0 Å². The number of alkyl halides is 4. The second-order valence-electron chi connectivity index (χ2n) is 4.35. The van der Waals surface area contributed by atoms with Crippen LogP contribution in [-0.4, -0.2) is 41.5 Å². The van der Waals surface area contributed by atoms with Gasteiger partial charge < -0.3 is 15.2 Å². The van der Waals surface area contributed by atoms with Gasteiger partial charge in [0.15, 0.2) is 0 Å². The highest BCUT2D eigenvalue weighted by Crippen LogP contribution is 2.22. The van der Waals surface area contributed by atoms with Crippen molar-refractivity contribution in [3.05, 3.63) is 11.7 Å². The highest BCUT2D eigenvalue weighted by atomic mass is 19.3. The highest BCUT2D eigenvalue weighted by Gasteiger charge is 2.41. The Morgan fingerprint density at radius 2 is 2.30 bits per heavy atom. The molecule has 1 fully saturated rings. The molecule has 1 aliphatic rings. The van der Waals surface area contributed by atoms with Crippen molar-refractivity contribution in [3.8, 4) is 0 Å². The first-order valence-corrected chi connectivity index (χ1v) is 5.91. The quantitative estimate of drug-likeness (QED) is 0.796. The van der Waals surface area contributed by atoms with Crippen molar-refractivity contribution in [2.75, 3.05) is 13.1 Å².